The van der Waals surface area contributed by atoms with Crippen LogP contribution in [0.4, 0.5) is 5.69 Å². The number of nitrogens with zero attached hydrogens (tertiary/aromatic N) is 1. The van der Waals surface area contributed by atoms with Gasteiger partial charge in [0, 0.05) is 5.56 Å². The molecule has 26 heavy (non-hydrogen) atoms. The zero-order valence-electron chi connectivity index (χ0n) is 14.6. The summed E-state index contributed by atoms with van der Waals surface area (Å²) in [5, 5.41) is 2.78. The van der Waals surface area contributed by atoms with Gasteiger partial charge in [0.05, 0.1) is 27.0 Å². The minimum atomic E-state index is -0.409. The van der Waals surface area contributed by atoms with Gasteiger partial charge in [0.2, 0.25) is 0 Å². The Morgan fingerprint density at radius 1 is 0.962 bits per heavy atom. The molecule has 0 bridgehead atoms. The minimum Gasteiger partial charge on any atom is -0.495 e. The summed E-state index contributed by atoms with van der Waals surface area (Å²) in [5.41, 5.74) is 1.34. The second-order valence-corrected chi connectivity index (χ2v) is 5.25. The van der Waals surface area contributed by atoms with Gasteiger partial charge < -0.3 is 23.9 Å². The zero-order valence-corrected chi connectivity index (χ0v) is 14.6. The van der Waals surface area contributed by atoms with Gasteiger partial charge in [0.15, 0.2) is 29.3 Å². The van der Waals surface area contributed by atoms with E-state index in [1.807, 2.05) is 6.07 Å². The van der Waals surface area contributed by atoms with Crippen molar-refractivity contribution in [2.45, 2.75) is 0 Å². The molecule has 7 heteroatoms. The largest absolute Gasteiger partial charge is 0.495 e. The summed E-state index contributed by atoms with van der Waals surface area (Å²) in [6.07, 6.45) is 1.23. The predicted molar refractivity (Wildman–Crippen MR) is 96.0 cm³/mol. The number of amides is 1. The first-order valence-electron chi connectivity index (χ1n) is 7.78. The molecule has 0 aliphatic rings. The second kappa shape index (κ2) is 7.60. The average Bonchev–Trinajstić information content (AvgIpc) is 3.17. The molecule has 0 saturated carbocycles. The molecule has 3 rings (SSSR count). The van der Waals surface area contributed by atoms with Crippen molar-refractivity contribution >= 4 is 11.6 Å². The van der Waals surface area contributed by atoms with Crippen molar-refractivity contribution in [3.05, 3.63) is 54.6 Å². The highest BCUT2D eigenvalue weighted by molar-refractivity contribution is 6.07. The van der Waals surface area contributed by atoms with Crippen molar-refractivity contribution in [3.8, 4) is 28.6 Å². The number of nitrogens with one attached hydrogen (secondary N) is 1. The lowest BCUT2D eigenvalue weighted by Gasteiger charge is -2.10. The third-order valence-corrected chi connectivity index (χ3v) is 3.78. The molecule has 2 aromatic carbocycles. The number of rotatable bonds is 6. The number of para-hydroxylation sites is 2. The SMILES string of the molecule is COc1ccccc1NC(=O)c1ncoc1-c1ccc(OC)c(OC)c1. The zero-order chi connectivity index (χ0) is 18.5. The third-order valence-electron chi connectivity index (χ3n) is 3.78. The van der Waals surface area contributed by atoms with Gasteiger partial charge in [-0.05, 0) is 30.3 Å². The highest BCUT2D eigenvalue weighted by Crippen LogP contribution is 2.34. The molecule has 0 atom stereocenters. The van der Waals surface area contributed by atoms with Gasteiger partial charge in [-0.1, -0.05) is 12.1 Å². The Hall–Kier alpha value is -3.48. The molecule has 1 heterocycles. The molecule has 0 aliphatic carbocycles. The Morgan fingerprint density at radius 2 is 1.69 bits per heavy atom. The average molecular weight is 354 g/mol. The van der Waals surface area contributed by atoms with E-state index in [0.717, 1.165) is 0 Å². The lowest BCUT2D eigenvalue weighted by Crippen LogP contribution is -2.14. The van der Waals surface area contributed by atoms with E-state index in [-0.39, 0.29) is 5.69 Å². The van der Waals surface area contributed by atoms with Gasteiger partial charge in [0.25, 0.3) is 5.91 Å². The second-order valence-electron chi connectivity index (χ2n) is 5.25. The number of methoxy groups -OCH3 is 3. The summed E-state index contributed by atoms with van der Waals surface area (Å²) in [6.45, 7) is 0. The van der Waals surface area contributed by atoms with E-state index in [0.29, 0.717) is 34.3 Å². The summed E-state index contributed by atoms with van der Waals surface area (Å²) >= 11 is 0. The van der Waals surface area contributed by atoms with Crippen molar-refractivity contribution in [2.75, 3.05) is 26.6 Å². The van der Waals surface area contributed by atoms with Crippen LogP contribution in [0.1, 0.15) is 10.5 Å². The van der Waals surface area contributed by atoms with E-state index in [1.165, 1.54) is 20.6 Å². The van der Waals surface area contributed by atoms with E-state index in [4.69, 9.17) is 18.6 Å². The standard InChI is InChI=1S/C19H18N2O5/c1-23-14-7-5-4-6-13(14)21-19(22)17-18(26-11-20-17)12-8-9-15(24-2)16(10-12)25-3/h4-11H,1-3H3,(H,21,22). The molecule has 0 aliphatic heterocycles. The highest BCUT2D eigenvalue weighted by atomic mass is 16.5. The third kappa shape index (κ3) is 3.32. The van der Waals surface area contributed by atoms with Crippen LogP contribution in [0.3, 0.4) is 0 Å². The molecule has 1 amide bonds. The monoisotopic (exact) mass is 354 g/mol. The first kappa shape index (κ1) is 17.3. The quantitative estimate of drug-likeness (QED) is 0.728. The Balaban J connectivity index is 1.92. The Kier molecular flexibility index (Phi) is 5.07. The van der Waals surface area contributed by atoms with Gasteiger partial charge in [-0.2, -0.15) is 0 Å². The number of carbonyl (C=O) groups is 1. The van der Waals surface area contributed by atoms with Gasteiger partial charge in [-0.3, -0.25) is 4.79 Å². The smallest absolute Gasteiger partial charge is 0.278 e. The molecule has 0 radical (unpaired) electrons. The summed E-state index contributed by atoms with van der Waals surface area (Å²) in [4.78, 5) is 16.7. The molecule has 0 fully saturated rings. The van der Waals surface area contributed by atoms with Crippen LogP contribution in [0, 0.1) is 0 Å². The van der Waals surface area contributed by atoms with Crippen LogP contribution in [0.2, 0.25) is 0 Å². The predicted octanol–water partition coefficient (Wildman–Crippen LogP) is 3.62. The molecule has 3 aromatic rings. The van der Waals surface area contributed by atoms with E-state index >= 15 is 0 Å². The lowest BCUT2D eigenvalue weighted by molar-refractivity contribution is 0.102. The maximum Gasteiger partial charge on any atom is 0.278 e. The van der Waals surface area contributed by atoms with Crippen molar-refractivity contribution in [3.63, 3.8) is 0 Å². The van der Waals surface area contributed by atoms with Gasteiger partial charge >= 0.3 is 0 Å². The number of aromatic nitrogens is 1. The first-order chi connectivity index (χ1) is 12.7. The van der Waals surface area contributed by atoms with Crippen molar-refractivity contribution in [1.29, 1.82) is 0 Å². The molecular formula is C19H18N2O5. The minimum absolute atomic E-state index is 0.156. The topological polar surface area (TPSA) is 82.8 Å². The van der Waals surface area contributed by atoms with Crippen LogP contribution in [-0.4, -0.2) is 32.2 Å². The number of hydrogen-bond acceptors (Lipinski definition) is 6. The summed E-state index contributed by atoms with van der Waals surface area (Å²) in [6, 6.07) is 12.3. The van der Waals surface area contributed by atoms with Gasteiger partial charge in [-0.25, -0.2) is 4.98 Å². The molecule has 7 nitrogen and oxygen atoms in total. The molecule has 134 valence electrons. The van der Waals surface area contributed by atoms with Crippen molar-refractivity contribution < 1.29 is 23.4 Å². The van der Waals surface area contributed by atoms with Gasteiger partial charge in [-0.15, -0.1) is 0 Å². The highest BCUT2D eigenvalue weighted by Gasteiger charge is 2.20. The molecule has 1 aromatic heterocycles. The fraction of sp³-hybridized carbons (Fsp3) is 0.158. The maximum atomic E-state index is 12.7. The van der Waals surface area contributed by atoms with E-state index in [1.54, 1.807) is 43.5 Å². The van der Waals surface area contributed by atoms with Crippen LogP contribution in [0.25, 0.3) is 11.3 Å². The van der Waals surface area contributed by atoms with Crippen LogP contribution in [-0.2, 0) is 0 Å². The molecular weight excluding hydrogens is 336 g/mol. The van der Waals surface area contributed by atoms with Crippen LogP contribution < -0.4 is 19.5 Å². The molecule has 0 spiro atoms. The fourth-order valence-electron chi connectivity index (χ4n) is 2.52. The number of hydrogen-bond donors (Lipinski definition) is 1. The van der Waals surface area contributed by atoms with E-state index < -0.39 is 5.91 Å². The first-order valence-corrected chi connectivity index (χ1v) is 7.78. The summed E-state index contributed by atoms with van der Waals surface area (Å²) in [5.74, 6) is 1.58. The summed E-state index contributed by atoms with van der Waals surface area (Å²) < 4.78 is 21.2. The molecule has 1 N–H and O–H groups in total. The van der Waals surface area contributed by atoms with Crippen molar-refractivity contribution in [1.82, 2.24) is 4.98 Å². The number of ether oxygens (including phenoxy) is 3. The number of benzene rings is 2. The van der Waals surface area contributed by atoms with Gasteiger partial charge in [0.1, 0.15) is 5.75 Å². The van der Waals surface area contributed by atoms with Crippen molar-refractivity contribution in [2.24, 2.45) is 0 Å². The van der Waals surface area contributed by atoms with E-state index in [9.17, 15) is 4.79 Å². The van der Waals surface area contributed by atoms with Crippen LogP contribution >= 0.6 is 0 Å². The number of oxazole rings is 1. The Labute approximate surface area is 150 Å². The van der Waals surface area contributed by atoms with Crippen LogP contribution in [0.15, 0.2) is 53.3 Å². The van der Waals surface area contributed by atoms with Crippen LogP contribution in [0.5, 0.6) is 17.2 Å². The fourth-order valence-corrected chi connectivity index (χ4v) is 2.52. The lowest BCUT2D eigenvalue weighted by atomic mass is 10.1. The number of carbonyl (C=O) groups excluding carboxylic acids is 1. The Morgan fingerprint density at radius 3 is 2.42 bits per heavy atom. The maximum absolute atomic E-state index is 12.7. The molecule has 0 unspecified atom stereocenters. The van der Waals surface area contributed by atoms with E-state index in [2.05, 4.69) is 10.3 Å². The molecule has 0 saturated heterocycles. The number of anilines is 1. The Bertz CT molecular complexity index is 920. The summed E-state index contributed by atoms with van der Waals surface area (Å²) in [7, 11) is 4.63. The normalized spacial score (nSPS) is 10.3.